The van der Waals surface area contributed by atoms with E-state index in [2.05, 4.69) is 0 Å². The van der Waals surface area contributed by atoms with Crippen molar-refractivity contribution in [2.75, 3.05) is 12.0 Å². The Morgan fingerprint density at radius 3 is 2.62 bits per heavy atom. The quantitative estimate of drug-likeness (QED) is 0.626. The van der Waals surface area contributed by atoms with E-state index in [0.717, 1.165) is 16.1 Å². The van der Waals surface area contributed by atoms with Gasteiger partial charge in [0.1, 0.15) is 0 Å². The van der Waals surface area contributed by atoms with Crippen molar-refractivity contribution in [2.24, 2.45) is 0 Å². The van der Waals surface area contributed by atoms with Gasteiger partial charge in [-0.25, -0.2) is 0 Å². The van der Waals surface area contributed by atoms with E-state index in [9.17, 15) is 4.79 Å². The molecule has 1 aromatic rings. The third-order valence-electron chi connectivity index (χ3n) is 2.61. The number of anilines is 1. The molecule has 1 aromatic carbocycles. The number of nitrogen functional groups attached to an aromatic ring is 1. The molecule has 0 radical (unpaired) electrons. The van der Waals surface area contributed by atoms with Crippen LogP contribution >= 0.6 is 11.8 Å². The lowest BCUT2D eigenvalue weighted by Gasteiger charge is -2.24. The first kappa shape index (κ1) is 12.9. The fourth-order valence-electron chi connectivity index (χ4n) is 1.61. The Morgan fingerprint density at radius 1 is 1.50 bits per heavy atom. The van der Waals surface area contributed by atoms with Crippen molar-refractivity contribution in [3.05, 3.63) is 23.8 Å². The van der Waals surface area contributed by atoms with Gasteiger partial charge >= 0.3 is 5.97 Å². The summed E-state index contributed by atoms with van der Waals surface area (Å²) in [6.45, 7) is 3.85. The average molecular weight is 239 g/mol. The van der Waals surface area contributed by atoms with Gasteiger partial charge in [0.25, 0.3) is 0 Å². The van der Waals surface area contributed by atoms with Crippen LogP contribution in [0, 0.1) is 0 Å². The zero-order valence-corrected chi connectivity index (χ0v) is 10.6. The maximum absolute atomic E-state index is 10.8. The molecule has 1 rings (SSSR count). The van der Waals surface area contributed by atoms with Crippen LogP contribution in [0.25, 0.3) is 0 Å². The van der Waals surface area contributed by atoms with Crippen LogP contribution in [-0.4, -0.2) is 17.3 Å². The smallest absolute Gasteiger partial charge is 0.304 e. The Kier molecular flexibility index (Phi) is 3.86. The van der Waals surface area contributed by atoms with E-state index in [1.54, 1.807) is 11.8 Å². The molecule has 0 heterocycles. The predicted molar refractivity (Wildman–Crippen MR) is 67.9 cm³/mol. The summed E-state index contributed by atoms with van der Waals surface area (Å²) < 4.78 is 0. The van der Waals surface area contributed by atoms with Gasteiger partial charge in [0.15, 0.2) is 0 Å². The van der Waals surface area contributed by atoms with Crippen LogP contribution in [0.2, 0.25) is 0 Å². The van der Waals surface area contributed by atoms with E-state index in [1.165, 1.54) is 0 Å². The van der Waals surface area contributed by atoms with Crippen LogP contribution in [0.15, 0.2) is 23.1 Å². The van der Waals surface area contributed by atoms with Gasteiger partial charge in [0.05, 0.1) is 6.42 Å². The van der Waals surface area contributed by atoms with Gasteiger partial charge in [-0.3, -0.25) is 4.79 Å². The van der Waals surface area contributed by atoms with Crippen LogP contribution < -0.4 is 5.73 Å². The Morgan fingerprint density at radius 2 is 2.12 bits per heavy atom. The topological polar surface area (TPSA) is 63.3 Å². The van der Waals surface area contributed by atoms with E-state index >= 15 is 0 Å². The summed E-state index contributed by atoms with van der Waals surface area (Å²) in [5, 5.41) is 8.86. The molecule has 0 aliphatic rings. The monoisotopic (exact) mass is 239 g/mol. The van der Waals surface area contributed by atoms with Gasteiger partial charge < -0.3 is 10.8 Å². The molecule has 0 spiro atoms. The summed E-state index contributed by atoms with van der Waals surface area (Å²) in [6.07, 6.45) is 2.07. The fraction of sp³-hybridized carbons (Fsp3) is 0.417. The number of nitrogens with two attached hydrogens (primary N) is 1. The van der Waals surface area contributed by atoms with E-state index in [4.69, 9.17) is 10.8 Å². The highest BCUT2D eigenvalue weighted by Gasteiger charge is 2.24. The summed E-state index contributed by atoms with van der Waals surface area (Å²) in [6, 6.07) is 5.71. The van der Waals surface area contributed by atoms with Gasteiger partial charge in [-0.15, -0.1) is 11.8 Å². The summed E-state index contributed by atoms with van der Waals surface area (Å²) in [5.41, 5.74) is 7.18. The van der Waals surface area contributed by atoms with Crippen LogP contribution in [-0.2, 0) is 10.2 Å². The summed E-state index contributed by atoms with van der Waals surface area (Å²) in [4.78, 5) is 11.8. The molecule has 88 valence electrons. The Balaban J connectivity index is 3.08. The number of thioether (sulfide) groups is 1. The highest BCUT2D eigenvalue weighted by atomic mass is 32.2. The van der Waals surface area contributed by atoms with Gasteiger partial charge in [-0.05, 0) is 24.0 Å². The number of hydrogen-bond donors (Lipinski definition) is 2. The molecule has 0 unspecified atom stereocenters. The molecule has 3 nitrogen and oxygen atoms in total. The van der Waals surface area contributed by atoms with Crippen LogP contribution in [0.3, 0.4) is 0 Å². The minimum Gasteiger partial charge on any atom is -0.481 e. The minimum atomic E-state index is -0.785. The van der Waals surface area contributed by atoms with Gasteiger partial charge in [-0.1, -0.05) is 19.9 Å². The molecule has 0 saturated carbocycles. The maximum atomic E-state index is 10.8. The summed E-state index contributed by atoms with van der Waals surface area (Å²) >= 11 is 1.57. The van der Waals surface area contributed by atoms with Crippen molar-refractivity contribution in [1.82, 2.24) is 0 Å². The highest BCUT2D eigenvalue weighted by molar-refractivity contribution is 7.98. The van der Waals surface area contributed by atoms with Gasteiger partial charge in [0, 0.05) is 16.0 Å². The van der Waals surface area contributed by atoms with E-state index in [-0.39, 0.29) is 11.8 Å². The zero-order chi connectivity index (χ0) is 12.3. The lowest BCUT2D eigenvalue weighted by molar-refractivity contribution is -0.138. The van der Waals surface area contributed by atoms with Gasteiger partial charge in [0.2, 0.25) is 0 Å². The first-order chi connectivity index (χ1) is 7.36. The molecule has 0 atom stereocenters. The van der Waals surface area contributed by atoms with Crippen LogP contribution in [0.4, 0.5) is 5.69 Å². The SMILES string of the molecule is CSc1cc(C(C)(C)CC(=O)O)ccc1N. The maximum Gasteiger partial charge on any atom is 0.304 e. The molecule has 16 heavy (non-hydrogen) atoms. The molecule has 0 aromatic heterocycles. The molecular weight excluding hydrogens is 222 g/mol. The molecule has 0 aliphatic heterocycles. The van der Waals surface area contributed by atoms with Crippen molar-refractivity contribution < 1.29 is 9.90 Å². The third kappa shape index (κ3) is 2.92. The molecule has 0 amide bonds. The number of benzene rings is 1. The van der Waals surface area contributed by atoms with Gasteiger partial charge in [-0.2, -0.15) is 0 Å². The Bertz CT molecular complexity index is 402. The minimum absolute atomic E-state index is 0.116. The Hall–Kier alpha value is -1.16. The first-order valence-electron chi connectivity index (χ1n) is 5.02. The molecule has 0 aliphatic carbocycles. The third-order valence-corrected chi connectivity index (χ3v) is 3.40. The molecule has 0 fully saturated rings. The van der Waals surface area contributed by atoms with Crippen molar-refractivity contribution in [2.45, 2.75) is 30.6 Å². The second kappa shape index (κ2) is 4.78. The second-order valence-electron chi connectivity index (χ2n) is 4.41. The standard InChI is InChI=1S/C12H17NO2S/c1-12(2,7-11(14)15)8-4-5-9(13)10(6-8)16-3/h4-6H,7,13H2,1-3H3,(H,14,15). The number of carbonyl (C=O) groups is 1. The molecule has 4 heteroatoms. The first-order valence-corrected chi connectivity index (χ1v) is 6.25. The molecule has 0 bridgehead atoms. The van der Waals surface area contributed by atoms with Crippen LogP contribution in [0.1, 0.15) is 25.8 Å². The molecule has 0 saturated heterocycles. The average Bonchev–Trinajstić information content (AvgIpc) is 2.16. The largest absolute Gasteiger partial charge is 0.481 e. The van der Waals surface area contributed by atoms with Crippen LogP contribution in [0.5, 0.6) is 0 Å². The van der Waals surface area contributed by atoms with Crippen molar-refractivity contribution >= 4 is 23.4 Å². The summed E-state index contributed by atoms with van der Waals surface area (Å²) in [5.74, 6) is -0.785. The summed E-state index contributed by atoms with van der Waals surface area (Å²) in [7, 11) is 0. The number of aliphatic carboxylic acids is 1. The zero-order valence-electron chi connectivity index (χ0n) is 9.78. The Labute approximate surface area is 100 Å². The number of hydrogen-bond acceptors (Lipinski definition) is 3. The lowest BCUT2D eigenvalue weighted by Crippen LogP contribution is -2.21. The van der Waals surface area contributed by atoms with E-state index in [0.29, 0.717) is 0 Å². The van der Waals surface area contributed by atoms with E-state index < -0.39 is 5.97 Å². The fourth-order valence-corrected chi connectivity index (χ4v) is 2.16. The van der Waals surface area contributed by atoms with Crippen molar-refractivity contribution in [3.63, 3.8) is 0 Å². The predicted octanol–water partition coefficient (Wildman–Crippen LogP) is 2.74. The molecular formula is C12H17NO2S. The lowest BCUT2D eigenvalue weighted by atomic mass is 9.81. The second-order valence-corrected chi connectivity index (χ2v) is 5.26. The number of carboxylic acid groups (broad SMARTS) is 1. The van der Waals surface area contributed by atoms with E-state index in [1.807, 2.05) is 38.3 Å². The highest BCUT2D eigenvalue weighted by Crippen LogP contribution is 2.32. The normalized spacial score (nSPS) is 11.4. The van der Waals surface area contributed by atoms with Crippen molar-refractivity contribution in [3.8, 4) is 0 Å². The number of carboxylic acids is 1. The van der Waals surface area contributed by atoms with Crippen molar-refractivity contribution in [1.29, 1.82) is 0 Å². The molecule has 3 N–H and O–H groups in total. The number of rotatable bonds is 4.